The van der Waals surface area contributed by atoms with Crippen LogP contribution in [0.3, 0.4) is 0 Å². The zero-order chi connectivity index (χ0) is 21.5. The van der Waals surface area contributed by atoms with E-state index in [1.807, 2.05) is 13.0 Å². The second-order valence-corrected chi connectivity index (χ2v) is 9.15. The van der Waals surface area contributed by atoms with Gasteiger partial charge in [-0.25, -0.2) is 9.78 Å². The SMILES string of the molecule is Cc1cc(N(C)C(=O)O)cnc1N1CCC2(CC1)CCN(C1CCC(O)CC1)C2=O. The number of anilines is 2. The Morgan fingerprint density at radius 1 is 1.17 bits per heavy atom. The second-order valence-electron chi connectivity index (χ2n) is 9.15. The van der Waals surface area contributed by atoms with Crippen LogP contribution in [0.4, 0.5) is 16.3 Å². The summed E-state index contributed by atoms with van der Waals surface area (Å²) in [5.74, 6) is 1.18. The molecule has 8 nitrogen and oxygen atoms in total. The molecule has 30 heavy (non-hydrogen) atoms. The molecule has 164 valence electrons. The number of hydrogen-bond acceptors (Lipinski definition) is 5. The van der Waals surface area contributed by atoms with Crippen molar-refractivity contribution in [2.75, 3.05) is 36.5 Å². The first-order chi connectivity index (χ1) is 14.3. The Morgan fingerprint density at radius 2 is 1.80 bits per heavy atom. The van der Waals surface area contributed by atoms with Crippen molar-refractivity contribution in [1.29, 1.82) is 0 Å². The van der Waals surface area contributed by atoms with Crippen molar-refractivity contribution in [1.82, 2.24) is 9.88 Å². The summed E-state index contributed by atoms with van der Waals surface area (Å²) in [6.07, 6.45) is 6.39. The van der Waals surface area contributed by atoms with Crippen molar-refractivity contribution in [2.45, 2.75) is 64.0 Å². The van der Waals surface area contributed by atoms with Crippen LogP contribution in [0.25, 0.3) is 0 Å². The van der Waals surface area contributed by atoms with E-state index in [0.29, 0.717) is 17.6 Å². The molecule has 1 aromatic heterocycles. The maximum Gasteiger partial charge on any atom is 0.411 e. The quantitative estimate of drug-likeness (QED) is 0.786. The number of carbonyl (C=O) groups is 2. The van der Waals surface area contributed by atoms with Gasteiger partial charge in [-0.05, 0) is 63.5 Å². The molecule has 3 fully saturated rings. The highest BCUT2D eigenvalue weighted by molar-refractivity contribution is 5.86. The van der Waals surface area contributed by atoms with Crippen LogP contribution < -0.4 is 9.80 Å². The fourth-order valence-electron chi connectivity index (χ4n) is 5.35. The number of carbonyl (C=O) groups excluding carboxylic acids is 1. The zero-order valence-electron chi connectivity index (χ0n) is 17.9. The first-order valence-corrected chi connectivity index (χ1v) is 11.0. The number of aryl methyl sites for hydroxylation is 1. The van der Waals surface area contributed by atoms with E-state index in [0.717, 1.165) is 80.9 Å². The topological polar surface area (TPSA) is 97.2 Å². The van der Waals surface area contributed by atoms with Crippen LogP contribution in [0.15, 0.2) is 12.3 Å². The Balaban J connectivity index is 1.40. The predicted octanol–water partition coefficient (Wildman–Crippen LogP) is 2.63. The molecular weight excluding hydrogens is 384 g/mol. The molecule has 1 aliphatic carbocycles. The number of piperidine rings is 1. The highest BCUT2D eigenvalue weighted by Crippen LogP contribution is 2.44. The Labute approximate surface area is 177 Å². The lowest BCUT2D eigenvalue weighted by atomic mass is 9.77. The van der Waals surface area contributed by atoms with Crippen molar-refractivity contribution < 1.29 is 19.8 Å². The molecule has 2 amide bonds. The lowest BCUT2D eigenvalue weighted by Crippen LogP contribution is -2.47. The zero-order valence-corrected chi connectivity index (χ0v) is 17.9. The number of amides is 2. The van der Waals surface area contributed by atoms with Crippen LogP contribution in [0.1, 0.15) is 50.5 Å². The molecule has 1 spiro atoms. The summed E-state index contributed by atoms with van der Waals surface area (Å²) in [4.78, 5) is 34.5. The van der Waals surface area contributed by atoms with Gasteiger partial charge in [0, 0.05) is 32.7 Å². The standard InChI is InChI=1S/C22H32N4O4/c1-15-13-17(24(2)21(29)30)14-23-19(15)25-10-7-22(8-11-25)9-12-26(20(22)28)16-3-5-18(27)6-4-16/h13-14,16,18,27H,3-12H2,1-2H3,(H,29,30). The van der Waals surface area contributed by atoms with Gasteiger partial charge in [0.1, 0.15) is 5.82 Å². The molecule has 3 aliphatic rings. The van der Waals surface area contributed by atoms with Crippen molar-refractivity contribution in [3.05, 3.63) is 17.8 Å². The fraction of sp³-hybridized carbons (Fsp3) is 0.682. The summed E-state index contributed by atoms with van der Waals surface area (Å²) in [6.45, 7) is 4.36. The molecule has 4 rings (SSSR count). The average Bonchev–Trinajstić information content (AvgIpc) is 3.05. The molecule has 3 heterocycles. The summed E-state index contributed by atoms with van der Waals surface area (Å²) in [7, 11) is 1.51. The molecule has 0 bridgehead atoms. The lowest BCUT2D eigenvalue weighted by Gasteiger charge is -2.40. The second kappa shape index (κ2) is 8.06. The molecule has 0 aromatic carbocycles. The maximum atomic E-state index is 13.3. The summed E-state index contributed by atoms with van der Waals surface area (Å²) in [5.41, 5.74) is 1.25. The van der Waals surface area contributed by atoms with Crippen molar-refractivity contribution in [2.24, 2.45) is 5.41 Å². The van der Waals surface area contributed by atoms with Crippen LogP contribution in [0.5, 0.6) is 0 Å². The molecule has 2 N–H and O–H groups in total. The number of aromatic nitrogens is 1. The number of rotatable bonds is 3. The van der Waals surface area contributed by atoms with E-state index in [4.69, 9.17) is 5.11 Å². The highest BCUT2D eigenvalue weighted by Gasteiger charge is 2.50. The Hall–Kier alpha value is -2.35. The van der Waals surface area contributed by atoms with E-state index in [2.05, 4.69) is 14.8 Å². The molecule has 1 aromatic rings. The minimum absolute atomic E-state index is 0.200. The summed E-state index contributed by atoms with van der Waals surface area (Å²) in [6, 6.07) is 2.14. The normalized spacial score (nSPS) is 26.3. The number of hydrogen-bond donors (Lipinski definition) is 2. The molecular formula is C22H32N4O4. The Morgan fingerprint density at radius 3 is 2.40 bits per heavy atom. The van der Waals surface area contributed by atoms with E-state index in [1.54, 1.807) is 6.20 Å². The monoisotopic (exact) mass is 416 g/mol. The Bertz CT molecular complexity index is 813. The van der Waals surface area contributed by atoms with Crippen LogP contribution in [-0.4, -0.2) is 70.9 Å². The third-order valence-corrected chi connectivity index (χ3v) is 7.38. The van der Waals surface area contributed by atoms with Crippen LogP contribution in [0, 0.1) is 12.3 Å². The summed E-state index contributed by atoms with van der Waals surface area (Å²) < 4.78 is 0. The van der Waals surface area contributed by atoms with Gasteiger partial charge >= 0.3 is 6.09 Å². The highest BCUT2D eigenvalue weighted by atomic mass is 16.4. The van der Waals surface area contributed by atoms with Crippen LogP contribution in [0.2, 0.25) is 0 Å². The number of aliphatic hydroxyl groups is 1. The number of likely N-dealkylation sites (tertiary alicyclic amines) is 1. The average molecular weight is 417 g/mol. The first kappa shape index (κ1) is 20.9. The Kier molecular flexibility index (Phi) is 5.61. The third-order valence-electron chi connectivity index (χ3n) is 7.38. The van der Waals surface area contributed by atoms with E-state index in [-0.39, 0.29) is 11.5 Å². The van der Waals surface area contributed by atoms with Gasteiger partial charge < -0.3 is 20.0 Å². The van der Waals surface area contributed by atoms with E-state index in [1.165, 1.54) is 7.05 Å². The molecule has 1 saturated carbocycles. The third kappa shape index (κ3) is 3.73. The van der Waals surface area contributed by atoms with Crippen LogP contribution >= 0.6 is 0 Å². The largest absolute Gasteiger partial charge is 0.465 e. The predicted molar refractivity (Wildman–Crippen MR) is 114 cm³/mol. The van der Waals surface area contributed by atoms with Gasteiger partial charge in [-0.2, -0.15) is 0 Å². The summed E-state index contributed by atoms with van der Waals surface area (Å²) in [5, 5.41) is 18.9. The van der Waals surface area contributed by atoms with E-state index >= 15 is 0 Å². The van der Waals surface area contributed by atoms with Gasteiger partial charge in [0.15, 0.2) is 0 Å². The molecule has 2 aliphatic heterocycles. The summed E-state index contributed by atoms with van der Waals surface area (Å²) >= 11 is 0. The number of carboxylic acid groups (broad SMARTS) is 1. The first-order valence-electron chi connectivity index (χ1n) is 11.0. The molecule has 0 atom stereocenters. The molecule has 0 radical (unpaired) electrons. The van der Waals surface area contributed by atoms with E-state index < -0.39 is 6.09 Å². The lowest BCUT2D eigenvalue weighted by molar-refractivity contribution is -0.139. The minimum Gasteiger partial charge on any atom is -0.465 e. The minimum atomic E-state index is -1.01. The van der Waals surface area contributed by atoms with Gasteiger partial charge in [-0.15, -0.1) is 0 Å². The number of nitrogens with zero attached hydrogens (tertiary/aromatic N) is 4. The van der Waals surface area contributed by atoms with Gasteiger partial charge in [0.05, 0.1) is 23.4 Å². The van der Waals surface area contributed by atoms with Gasteiger partial charge in [0.2, 0.25) is 5.91 Å². The maximum absolute atomic E-state index is 13.3. The van der Waals surface area contributed by atoms with Gasteiger partial charge in [0.25, 0.3) is 0 Å². The smallest absolute Gasteiger partial charge is 0.411 e. The number of pyridine rings is 1. The molecule has 0 unspecified atom stereocenters. The number of aliphatic hydroxyl groups excluding tert-OH is 1. The molecule has 8 heteroatoms. The van der Waals surface area contributed by atoms with Gasteiger partial charge in [-0.1, -0.05) is 0 Å². The van der Waals surface area contributed by atoms with Crippen molar-refractivity contribution in [3.63, 3.8) is 0 Å². The van der Waals surface area contributed by atoms with Crippen molar-refractivity contribution in [3.8, 4) is 0 Å². The van der Waals surface area contributed by atoms with Crippen LogP contribution in [-0.2, 0) is 4.79 Å². The van der Waals surface area contributed by atoms with E-state index in [9.17, 15) is 14.7 Å². The molecule has 2 saturated heterocycles. The van der Waals surface area contributed by atoms with Crippen molar-refractivity contribution >= 4 is 23.5 Å². The van der Waals surface area contributed by atoms with Gasteiger partial charge in [-0.3, -0.25) is 9.69 Å². The fourth-order valence-corrected chi connectivity index (χ4v) is 5.35.